The van der Waals surface area contributed by atoms with Gasteiger partial charge in [0.25, 0.3) is 0 Å². The van der Waals surface area contributed by atoms with E-state index in [1.54, 1.807) is 6.07 Å². The fourth-order valence-corrected chi connectivity index (χ4v) is 3.02. The highest BCUT2D eigenvalue weighted by molar-refractivity contribution is 6.10. The van der Waals surface area contributed by atoms with Crippen LogP contribution in [0.25, 0.3) is 11.0 Å². The summed E-state index contributed by atoms with van der Waals surface area (Å²) in [6.07, 6.45) is -0.623. The molecule has 1 unspecified atom stereocenters. The van der Waals surface area contributed by atoms with Gasteiger partial charge in [0, 0.05) is 34.7 Å². The molecule has 3 rings (SSSR count). The zero-order chi connectivity index (χ0) is 21.2. The van der Waals surface area contributed by atoms with Crippen LogP contribution < -0.4 is 10.1 Å². The zero-order valence-corrected chi connectivity index (χ0v) is 17.7. The van der Waals surface area contributed by atoms with E-state index < -0.39 is 6.10 Å². The Hall–Kier alpha value is -2.63. The van der Waals surface area contributed by atoms with Crippen LogP contribution in [-0.2, 0) is 0 Å². The normalized spacial score (nSPS) is 12.9. The molecule has 154 valence electrons. The molecule has 0 spiro atoms. The van der Waals surface area contributed by atoms with Crippen molar-refractivity contribution in [3.05, 3.63) is 64.9 Å². The lowest BCUT2D eigenvalue weighted by atomic mass is 10.0. The number of ether oxygens (including phenoxy) is 1. The van der Waals surface area contributed by atoms with Gasteiger partial charge in [0.1, 0.15) is 24.0 Å². The number of carbonyl (C=O) groups is 1. The molecule has 0 aliphatic rings. The number of nitrogens with one attached hydrogen (secondary N) is 1. The molecule has 1 atom stereocenters. The summed E-state index contributed by atoms with van der Waals surface area (Å²) in [5, 5.41) is 14.2. The molecule has 5 heteroatoms. The molecule has 0 fully saturated rings. The number of carbonyl (C=O) groups excluding carboxylic acids is 1. The Labute approximate surface area is 171 Å². The largest absolute Gasteiger partial charge is 0.491 e. The predicted molar refractivity (Wildman–Crippen MR) is 115 cm³/mol. The number of ketones is 1. The molecule has 2 aromatic carbocycles. The lowest BCUT2D eigenvalue weighted by molar-refractivity contribution is 0.100. The molecule has 0 bridgehead atoms. The molecule has 0 radical (unpaired) electrons. The first-order valence-electron chi connectivity index (χ1n) is 9.84. The zero-order valence-electron chi connectivity index (χ0n) is 17.7. The lowest BCUT2D eigenvalue weighted by Gasteiger charge is -2.22. The van der Waals surface area contributed by atoms with Crippen LogP contribution in [0.15, 0.2) is 46.9 Å². The van der Waals surface area contributed by atoms with Gasteiger partial charge in [-0.25, -0.2) is 0 Å². The maximum absolute atomic E-state index is 12.8. The second-order valence-electron chi connectivity index (χ2n) is 8.51. The number of benzene rings is 2. The van der Waals surface area contributed by atoms with Crippen molar-refractivity contribution >= 4 is 16.8 Å². The Balaban J connectivity index is 1.73. The first-order chi connectivity index (χ1) is 13.6. The maximum atomic E-state index is 12.8. The van der Waals surface area contributed by atoms with Crippen LogP contribution in [0.1, 0.15) is 48.0 Å². The maximum Gasteiger partial charge on any atom is 0.228 e. The number of aliphatic hydroxyl groups excluding tert-OH is 1. The Bertz CT molecular complexity index is 996. The van der Waals surface area contributed by atoms with Gasteiger partial charge in [0.05, 0.1) is 0 Å². The van der Waals surface area contributed by atoms with Crippen LogP contribution in [0.5, 0.6) is 5.75 Å². The number of aliphatic hydroxyl groups is 1. The Kier molecular flexibility index (Phi) is 6.10. The van der Waals surface area contributed by atoms with E-state index in [2.05, 4.69) is 5.32 Å². The standard InChI is InChI=1S/C24H29NO4/c1-15-6-8-17(9-7-15)22(27)23-16(2)20-11-10-19(12-21(20)29-23)28-14-18(26)13-25-24(3,4)5/h6-12,18,25-26H,13-14H2,1-5H3. The lowest BCUT2D eigenvalue weighted by Crippen LogP contribution is -2.42. The summed E-state index contributed by atoms with van der Waals surface area (Å²) < 4.78 is 11.6. The van der Waals surface area contributed by atoms with Crippen molar-refractivity contribution in [3.8, 4) is 5.75 Å². The summed E-state index contributed by atoms with van der Waals surface area (Å²) in [5.74, 6) is 0.802. The summed E-state index contributed by atoms with van der Waals surface area (Å²) in [6.45, 7) is 10.6. The van der Waals surface area contributed by atoms with E-state index in [4.69, 9.17) is 9.15 Å². The summed E-state index contributed by atoms with van der Waals surface area (Å²) in [5.41, 5.74) is 3.05. The average Bonchev–Trinajstić information content (AvgIpc) is 3.00. The summed E-state index contributed by atoms with van der Waals surface area (Å²) >= 11 is 0. The molecule has 5 nitrogen and oxygen atoms in total. The minimum atomic E-state index is -0.623. The van der Waals surface area contributed by atoms with Crippen molar-refractivity contribution in [1.82, 2.24) is 5.32 Å². The molecule has 3 aromatic rings. The highest BCUT2D eigenvalue weighted by atomic mass is 16.5. The van der Waals surface area contributed by atoms with Gasteiger partial charge in [-0.2, -0.15) is 0 Å². The fraction of sp³-hybridized carbons (Fsp3) is 0.375. The molecule has 29 heavy (non-hydrogen) atoms. The number of β-amino-alcohol motifs (C(OH)–C–C–N with tert-alkyl or cyclic N) is 1. The minimum Gasteiger partial charge on any atom is -0.491 e. The van der Waals surface area contributed by atoms with Crippen LogP contribution in [0, 0.1) is 13.8 Å². The van der Waals surface area contributed by atoms with E-state index in [0.29, 0.717) is 29.2 Å². The number of hydrogen-bond acceptors (Lipinski definition) is 5. The first kappa shape index (κ1) is 21.1. The molecule has 0 saturated carbocycles. The van der Waals surface area contributed by atoms with Crippen molar-refractivity contribution in [2.24, 2.45) is 0 Å². The van der Waals surface area contributed by atoms with Crippen molar-refractivity contribution in [2.75, 3.05) is 13.2 Å². The van der Waals surface area contributed by atoms with Crippen molar-refractivity contribution in [2.45, 2.75) is 46.3 Å². The van der Waals surface area contributed by atoms with Crippen LogP contribution >= 0.6 is 0 Å². The van der Waals surface area contributed by atoms with Gasteiger partial charge in [-0.1, -0.05) is 29.8 Å². The number of hydrogen-bond donors (Lipinski definition) is 2. The van der Waals surface area contributed by atoms with E-state index in [-0.39, 0.29) is 17.9 Å². The van der Waals surface area contributed by atoms with Crippen LogP contribution in [0.4, 0.5) is 0 Å². The Morgan fingerprint density at radius 1 is 1.14 bits per heavy atom. The summed E-state index contributed by atoms with van der Waals surface area (Å²) in [4.78, 5) is 12.8. The van der Waals surface area contributed by atoms with Crippen LogP contribution in [0.2, 0.25) is 0 Å². The number of furan rings is 1. The third-order valence-electron chi connectivity index (χ3n) is 4.74. The molecule has 1 aromatic heterocycles. The Morgan fingerprint density at radius 2 is 1.83 bits per heavy atom. The van der Waals surface area contributed by atoms with Crippen molar-refractivity contribution in [1.29, 1.82) is 0 Å². The Morgan fingerprint density at radius 3 is 2.48 bits per heavy atom. The molecule has 0 amide bonds. The summed E-state index contributed by atoms with van der Waals surface area (Å²) in [7, 11) is 0. The molecule has 2 N–H and O–H groups in total. The van der Waals surface area contributed by atoms with Gasteiger partial charge in [-0.3, -0.25) is 4.79 Å². The van der Waals surface area contributed by atoms with Crippen molar-refractivity contribution < 1.29 is 19.1 Å². The van der Waals surface area contributed by atoms with Crippen LogP contribution in [0.3, 0.4) is 0 Å². The van der Waals surface area contributed by atoms with E-state index in [0.717, 1.165) is 16.5 Å². The minimum absolute atomic E-state index is 0.0635. The van der Waals surface area contributed by atoms with E-state index in [1.807, 2.05) is 71.0 Å². The second kappa shape index (κ2) is 8.39. The third-order valence-corrected chi connectivity index (χ3v) is 4.74. The predicted octanol–water partition coefficient (Wildman–Crippen LogP) is 4.41. The molecule has 0 aliphatic heterocycles. The number of rotatable bonds is 7. The molecular weight excluding hydrogens is 366 g/mol. The van der Waals surface area contributed by atoms with Crippen LogP contribution in [-0.4, -0.2) is 35.7 Å². The molecule has 0 aliphatic carbocycles. The van der Waals surface area contributed by atoms with Crippen molar-refractivity contribution in [3.63, 3.8) is 0 Å². The SMILES string of the molecule is Cc1ccc(C(=O)c2oc3cc(OCC(O)CNC(C)(C)C)ccc3c2C)cc1. The third kappa shape index (κ3) is 5.25. The smallest absolute Gasteiger partial charge is 0.228 e. The monoisotopic (exact) mass is 395 g/mol. The van der Waals surface area contributed by atoms with E-state index in [1.165, 1.54) is 0 Å². The van der Waals surface area contributed by atoms with E-state index >= 15 is 0 Å². The quantitative estimate of drug-likeness (QED) is 0.580. The molecule has 1 heterocycles. The van der Waals surface area contributed by atoms with Gasteiger partial charge in [0.15, 0.2) is 5.76 Å². The molecule has 0 saturated heterocycles. The first-order valence-corrected chi connectivity index (χ1v) is 9.84. The second-order valence-corrected chi connectivity index (χ2v) is 8.51. The highest BCUT2D eigenvalue weighted by Crippen LogP contribution is 2.30. The van der Waals surface area contributed by atoms with Gasteiger partial charge in [-0.15, -0.1) is 0 Å². The molecular formula is C24H29NO4. The number of fused-ring (bicyclic) bond motifs is 1. The average molecular weight is 395 g/mol. The fourth-order valence-electron chi connectivity index (χ4n) is 3.02. The highest BCUT2D eigenvalue weighted by Gasteiger charge is 2.20. The van der Waals surface area contributed by atoms with Gasteiger partial charge in [0.2, 0.25) is 5.78 Å². The topological polar surface area (TPSA) is 71.7 Å². The van der Waals surface area contributed by atoms with Gasteiger partial charge < -0.3 is 19.6 Å². The summed E-state index contributed by atoms with van der Waals surface area (Å²) in [6, 6.07) is 12.9. The van der Waals surface area contributed by atoms with Gasteiger partial charge in [-0.05, 0) is 46.8 Å². The number of aryl methyl sites for hydroxylation is 2. The van der Waals surface area contributed by atoms with E-state index in [9.17, 15) is 9.90 Å². The van der Waals surface area contributed by atoms with Gasteiger partial charge >= 0.3 is 0 Å².